The van der Waals surface area contributed by atoms with Crippen LogP contribution >= 0.6 is 0 Å². The second-order valence-electron chi connectivity index (χ2n) is 8.58. The Morgan fingerprint density at radius 3 is 2.34 bits per heavy atom. The molecule has 32 heavy (non-hydrogen) atoms. The molecule has 0 N–H and O–H groups in total. The molecule has 0 unspecified atom stereocenters. The molecule has 0 fully saturated rings. The van der Waals surface area contributed by atoms with Crippen molar-refractivity contribution in [3.8, 4) is 5.75 Å². The molecular weight excluding hydrogens is 421 g/mol. The Balaban J connectivity index is 1.91. The van der Waals surface area contributed by atoms with E-state index in [0.29, 0.717) is 16.9 Å². The van der Waals surface area contributed by atoms with E-state index in [-0.39, 0.29) is 12.4 Å². The number of alkyl halides is 3. The number of hydrogen-bond acceptors (Lipinski definition) is 4. The smallest absolute Gasteiger partial charge is 0.420 e. The van der Waals surface area contributed by atoms with Crippen LogP contribution in [0.5, 0.6) is 5.75 Å². The highest BCUT2D eigenvalue weighted by atomic mass is 19.4. The lowest BCUT2D eigenvalue weighted by atomic mass is 10.1. The first-order chi connectivity index (χ1) is 15.0. The fourth-order valence-corrected chi connectivity index (χ4v) is 3.21. The van der Waals surface area contributed by atoms with Crippen LogP contribution in [0.3, 0.4) is 0 Å². The number of imidazole rings is 1. The summed E-state index contributed by atoms with van der Waals surface area (Å²) in [7, 11) is 0. The maximum absolute atomic E-state index is 12.9. The maximum Gasteiger partial charge on any atom is 0.420 e. The second-order valence-corrected chi connectivity index (χ2v) is 8.58. The summed E-state index contributed by atoms with van der Waals surface area (Å²) in [6, 6.07) is 10.1. The molecule has 0 atom stereocenters. The zero-order valence-electron chi connectivity index (χ0n) is 18.6. The molecule has 8 heteroatoms. The largest absolute Gasteiger partial charge is 0.486 e. The molecule has 5 nitrogen and oxygen atoms in total. The van der Waals surface area contributed by atoms with E-state index in [9.17, 15) is 18.0 Å². The highest BCUT2D eigenvalue weighted by Crippen LogP contribution is 2.30. The van der Waals surface area contributed by atoms with Gasteiger partial charge in [0.05, 0.1) is 16.6 Å². The van der Waals surface area contributed by atoms with Gasteiger partial charge in [-0.25, -0.2) is 14.3 Å². The van der Waals surface area contributed by atoms with E-state index in [1.807, 2.05) is 18.2 Å². The van der Waals surface area contributed by atoms with Crippen LogP contribution < -0.4 is 4.74 Å². The van der Waals surface area contributed by atoms with Crippen LogP contribution in [0.4, 0.5) is 18.0 Å². The van der Waals surface area contributed by atoms with E-state index in [2.05, 4.69) is 11.9 Å². The average Bonchev–Trinajstić information content (AvgIpc) is 3.06. The van der Waals surface area contributed by atoms with Gasteiger partial charge >= 0.3 is 12.3 Å². The molecule has 0 radical (unpaired) electrons. The number of benzene rings is 2. The molecule has 0 aliphatic carbocycles. The van der Waals surface area contributed by atoms with Crippen molar-refractivity contribution in [2.24, 2.45) is 0 Å². The summed E-state index contributed by atoms with van der Waals surface area (Å²) in [6.45, 7) is 7.32. The van der Waals surface area contributed by atoms with Crippen molar-refractivity contribution < 1.29 is 27.4 Å². The van der Waals surface area contributed by atoms with Gasteiger partial charge in [-0.15, -0.1) is 0 Å². The lowest BCUT2D eigenvalue weighted by Gasteiger charge is -2.20. The minimum absolute atomic E-state index is 0.108. The van der Waals surface area contributed by atoms with Crippen molar-refractivity contribution >= 4 is 17.1 Å². The van der Waals surface area contributed by atoms with E-state index in [1.165, 1.54) is 16.7 Å². The first-order valence-electron chi connectivity index (χ1n) is 10.5. The van der Waals surface area contributed by atoms with Crippen molar-refractivity contribution in [1.29, 1.82) is 0 Å². The molecule has 1 aromatic heterocycles. The normalized spacial score (nSPS) is 12.2. The van der Waals surface area contributed by atoms with E-state index >= 15 is 0 Å². The van der Waals surface area contributed by atoms with Gasteiger partial charge in [0.1, 0.15) is 18.0 Å². The Labute approximate surface area is 185 Å². The summed E-state index contributed by atoms with van der Waals surface area (Å²) >= 11 is 0. The van der Waals surface area contributed by atoms with Gasteiger partial charge in [0.2, 0.25) is 0 Å². The number of hydrogen-bond donors (Lipinski definition) is 0. The minimum atomic E-state index is -4.42. The van der Waals surface area contributed by atoms with Crippen LogP contribution in [0.15, 0.2) is 42.5 Å². The van der Waals surface area contributed by atoms with Crippen molar-refractivity contribution in [2.75, 3.05) is 0 Å². The highest BCUT2D eigenvalue weighted by molar-refractivity contribution is 5.88. The summed E-state index contributed by atoms with van der Waals surface area (Å²) in [4.78, 5) is 17.5. The highest BCUT2D eigenvalue weighted by Gasteiger charge is 2.30. The number of carbonyl (C=O) groups excluding carboxylic acids is 1. The van der Waals surface area contributed by atoms with Gasteiger partial charge in [0.25, 0.3) is 0 Å². The second kappa shape index (κ2) is 9.22. The molecule has 0 bridgehead atoms. The molecule has 172 valence electrons. The predicted octanol–water partition coefficient (Wildman–Crippen LogP) is 6.76. The van der Waals surface area contributed by atoms with Crippen LogP contribution in [0.2, 0.25) is 0 Å². The van der Waals surface area contributed by atoms with Crippen LogP contribution in [0.25, 0.3) is 11.0 Å². The van der Waals surface area contributed by atoms with Crippen molar-refractivity contribution in [1.82, 2.24) is 9.55 Å². The Morgan fingerprint density at radius 2 is 1.75 bits per heavy atom. The summed E-state index contributed by atoms with van der Waals surface area (Å²) in [5, 5.41) is 0. The van der Waals surface area contributed by atoms with Gasteiger partial charge in [-0.05, 0) is 75.6 Å². The van der Waals surface area contributed by atoms with Crippen LogP contribution in [0, 0.1) is 0 Å². The number of nitrogens with zero attached hydrogens (tertiary/aromatic N) is 2. The number of rotatable bonds is 6. The summed E-state index contributed by atoms with van der Waals surface area (Å²) < 4.78 is 50.8. The third-order valence-electron chi connectivity index (χ3n) is 4.73. The number of halogens is 3. The van der Waals surface area contributed by atoms with E-state index in [0.717, 1.165) is 37.0 Å². The molecule has 3 rings (SSSR count). The number of ether oxygens (including phenoxy) is 2. The third-order valence-corrected chi connectivity index (χ3v) is 4.73. The molecular formula is C24H27F3N2O3. The first-order valence-corrected chi connectivity index (χ1v) is 10.5. The Kier molecular flexibility index (Phi) is 6.81. The SMILES string of the molecule is CCCCc1ccc2c(c1)nc(COc1ccc(C(F)(F)F)cc1)n2C(=O)OC(C)(C)C. The van der Waals surface area contributed by atoms with Gasteiger partial charge in [-0.2, -0.15) is 13.2 Å². The Morgan fingerprint density at radius 1 is 1.06 bits per heavy atom. The molecule has 0 aliphatic rings. The molecule has 1 heterocycles. The van der Waals surface area contributed by atoms with Gasteiger partial charge in [0.15, 0.2) is 5.82 Å². The topological polar surface area (TPSA) is 53.4 Å². The van der Waals surface area contributed by atoms with E-state index < -0.39 is 23.4 Å². The number of aromatic nitrogens is 2. The molecule has 2 aromatic carbocycles. The molecule has 3 aromatic rings. The van der Waals surface area contributed by atoms with Crippen molar-refractivity contribution in [2.45, 2.75) is 65.3 Å². The van der Waals surface area contributed by atoms with E-state index in [4.69, 9.17) is 9.47 Å². The zero-order chi connectivity index (χ0) is 23.5. The van der Waals surface area contributed by atoms with Crippen LogP contribution in [-0.2, 0) is 23.9 Å². The van der Waals surface area contributed by atoms with Gasteiger partial charge in [-0.3, -0.25) is 0 Å². The lowest BCUT2D eigenvalue weighted by molar-refractivity contribution is -0.137. The standard InChI is InChI=1S/C24H27F3N2O3/c1-5-6-7-16-8-13-20-19(14-16)28-21(29(20)22(30)32-23(2,3)4)15-31-18-11-9-17(10-12-18)24(25,26)27/h8-14H,5-7,15H2,1-4H3. The molecule has 0 spiro atoms. The maximum atomic E-state index is 12.9. The summed E-state index contributed by atoms with van der Waals surface area (Å²) in [5.74, 6) is 0.547. The minimum Gasteiger partial charge on any atom is -0.486 e. The zero-order valence-corrected chi connectivity index (χ0v) is 18.6. The third kappa shape index (κ3) is 5.81. The summed E-state index contributed by atoms with van der Waals surface area (Å²) in [6.07, 6.45) is -1.99. The Hall–Kier alpha value is -3.03. The number of unbranched alkanes of at least 4 members (excludes halogenated alkanes) is 1. The molecule has 0 saturated carbocycles. The number of fused-ring (bicyclic) bond motifs is 1. The quantitative estimate of drug-likeness (QED) is 0.418. The molecule has 0 amide bonds. The van der Waals surface area contributed by atoms with Crippen molar-refractivity contribution in [3.63, 3.8) is 0 Å². The van der Waals surface area contributed by atoms with Gasteiger partial charge in [-0.1, -0.05) is 19.4 Å². The summed E-state index contributed by atoms with van der Waals surface area (Å²) in [5.41, 5.74) is 0.871. The fourth-order valence-electron chi connectivity index (χ4n) is 3.21. The lowest BCUT2D eigenvalue weighted by Crippen LogP contribution is -2.28. The fraction of sp³-hybridized carbons (Fsp3) is 0.417. The van der Waals surface area contributed by atoms with Crippen LogP contribution in [0.1, 0.15) is 57.5 Å². The Bertz CT molecular complexity index is 1080. The predicted molar refractivity (Wildman–Crippen MR) is 116 cm³/mol. The first kappa shape index (κ1) is 23.6. The van der Waals surface area contributed by atoms with Gasteiger partial charge < -0.3 is 9.47 Å². The number of aryl methyl sites for hydroxylation is 1. The monoisotopic (exact) mass is 448 g/mol. The number of carbonyl (C=O) groups is 1. The van der Waals surface area contributed by atoms with Gasteiger partial charge in [0, 0.05) is 0 Å². The van der Waals surface area contributed by atoms with E-state index in [1.54, 1.807) is 20.8 Å². The molecule has 0 aliphatic heterocycles. The molecule has 0 saturated heterocycles. The van der Waals surface area contributed by atoms with Crippen molar-refractivity contribution in [3.05, 3.63) is 59.4 Å². The van der Waals surface area contributed by atoms with Crippen LogP contribution in [-0.4, -0.2) is 21.2 Å². The average molecular weight is 448 g/mol.